The molecule has 0 aliphatic carbocycles. The number of aromatic nitrogens is 6. The molecular formula is C29H46N8O7. The van der Waals surface area contributed by atoms with Crippen molar-refractivity contribution in [1.29, 1.82) is 0 Å². The van der Waals surface area contributed by atoms with Gasteiger partial charge in [-0.2, -0.15) is 9.97 Å². The van der Waals surface area contributed by atoms with Crippen molar-refractivity contribution in [2.75, 3.05) is 17.2 Å². The van der Waals surface area contributed by atoms with Crippen LogP contribution < -0.4 is 22.0 Å². The van der Waals surface area contributed by atoms with Crippen LogP contribution in [0.25, 0.3) is 0 Å². The van der Waals surface area contributed by atoms with Crippen LogP contribution >= 0.6 is 0 Å². The second kappa shape index (κ2) is 14.0. The van der Waals surface area contributed by atoms with E-state index in [1.165, 1.54) is 21.8 Å². The summed E-state index contributed by atoms with van der Waals surface area (Å²) in [6.45, 7) is 16.6. The molecule has 15 heteroatoms. The van der Waals surface area contributed by atoms with Gasteiger partial charge in [-0.25, -0.2) is 19.6 Å². The molecule has 0 bridgehead atoms. The Morgan fingerprint density at radius 2 is 1.20 bits per heavy atom. The third-order valence-corrected chi connectivity index (χ3v) is 7.55. The van der Waals surface area contributed by atoms with Gasteiger partial charge >= 0.3 is 11.4 Å². The Morgan fingerprint density at radius 3 is 1.50 bits per heavy atom. The summed E-state index contributed by atoms with van der Waals surface area (Å²) in [7, 11) is 0. The number of hydrogen-bond donors (Lipinski definition) is 3. The molecule has 0 unspecified atom stereocenters. The van der Waals surface area contributed by atoms with Crippen molar-refractivity contribution in [2.24, 2.45) is 22.7 Å². The van der Waals surface area contributed by atoms with Crippen LogP contribution in [0.4, 0.5) is 11.9 Å². The van der Waals surface area contributed by atoms with Crippen molar-refractivity contribution in [3.05, 3.63) is 33.6 Å². The van der Waals surface area contributed by atoms with E-state index < -0.39 is 28.4 Å². The zero-order valence-corrected chi connectivity index (χ0v) is 27.0. The van der Waals surface area contributed by atoms with Crippen LogP contribution in [0.5, 0.6) is 0 Å². The maximum absolute atomic E-state index is 12.1. The molecule has 0 saturated carbocycles. The molecule has 2 fully saturated rings. The quantitative estimate of drug-likeness (QED) is 0.431. The highest BCUT2D eigenvalue weighted by Crippen LogP contribution is 2.34. The number of nitrogens with zero attached hydrogens (tertiary/aromatic N) is 6. The van der Waals surface area contributed by atoms with Gasteiger partial charge in [-0.05, 0) is 31.1 Å². The van der Waals surface area contributed by atoms with Crippen LogP contribution in [0, 0.1) is 22.7 Å². The van der Waals surface area contributed by atoms with Crippen molar-refractivity contribution in [3.63, 3.8) is 0 Å². The number of carbonyl (C=O) groups excluding carboxylic acids is 2. The van der Waals surface area contributed by atoms with Gasteiger partial charge in [0.25, 0.3) is 0 Å². The van der Waals surface area contributed by atoms with Crippen molar-refractivity contribution >= 4 is 23.7 Å². The highest BCUT2D eigenvalue weighted by molar-refractivity contribution is 5.93. The SMILES string of the molecule is CC[C@H]1O[C@@H](n2cnc(NC(=O)C(C)(C)C)nc2=O)C[C@@H]1C.C[C@H]1C[C@H](n2cnc(NC(=O)C(C)(C)C)nc2=O)O[C@@H]1CO. The lowest BCUT2D eigenvalue weighted by Gasteiger charge is -2.17. The molecule has 0 aromatic carbocycles. The van der Waals surface area contributed by atoms with Crippen molar-refractivity contribution in [1.82, 2.24) is 29.1 Å². The monoisotopic (exact) mass is 618 g/mol. The number of carbonyl (C=O) groups is 2. The third-order valence-electron chi connectivity index (χ3n) is 7.55. The highest BCUT2D eigenvalue weighted by atomic mass is 16.5. The number of ether oxygens (including phenoxy) is 2. The second-order valence-electron chi connectivity index (χ2n) is 13.4. The zero-order valence-electron chi connectivity index (χ0n) is 27.0. The zero-order chi connectivity index (χ0) is 33.0. The lowest BCUT2D eigenvalue weighted by atomic mass is 9.96. The number of rotatable bonds is 6. The molecular weight excluding hydrogens is 572 g/mol. The maximum Gasteiger partial charge on any atom is 0.354 e. The summed E-state index contributed by atoms with van der Waals surface area (Å²) >= 11 is 0. The molecule has 2 saturated heterocycles. The number of amides is 2. The number of anilines is 2. The molecule has 2 aromatic heterocycles. The Bertz CT molecular complexity index is 1320. The van der Waals surface area contributed by atoms with Crippen LogP contribution in [-0.4, -0.2) is 64.8 Å². The number of aliphatic hydroxyl groups excluding tert-OH is 1. The normalized spacial score (nSPS) is 25.2. The maximum atomic E-state index is 12.1. The fourth-order valence-corrected chi connectivity index (χ4v) is 4.58. The van der Waals surface area contributed by atoms with Crippen molar-refractivity contribution in [3.8, 4) is 0 Å². The van der Waals surface area contributed by atoms with Gasteiger partial charge in [0, 0.05) is 10.8 Å². The summed E-state index contributed by atoms with van der Waals surface area (Å²) in [5.41, 5.74) is -2.18. The third kappa shape index (κ3) is 8.76. The van der Waals surface area contributed by atoms with Gasteiger partial charge in [-0.1, -0.05) is 62.3 Å². The molecule has 4 heterocycles. The summed E-state index contributed by atoms with van der Waals surface area (Å²) in [6, 6.07) is 0. The van der Waals surface area contributed by atoms with Crippen molar-refractivity contribution < 1.29 is 24.2 Å². The molecule has 2 amide bonds. The van der Waals surface area contributed by atoms with E-state index >= 15 is 0 Å². The predicted octanol–water partition coefficient (Wildman–Crippen LogP) is 2.50. The molecule has 2 aliphatic rings. The molecule has 15 nitrogen and oxygen atoms in total. The van der Waals surface area contributed by atoms with Crippen LogP contribution in [-0.2, 0) is 19.1 Å². The first-order valence-corrected chi connectivity index (χ1v) is 14.9. The van der Waals surface area contributed by atoms with Gasteiger partial charge in [0.05, 0.1) is 18.8 Å². The van der Waals surface area contributed by atoms with E-state index in [2.05, 4.69) is 44.4 Å². The van der Waals surface area contributed by atoms with Crippen LogP contribution in [0.3, 0.4) is 0 Å². The van der Waals surface area contributed by atoms with E-state index in [0.717, 1.165) is 12.8 Å². The van der Waals surface area contributed by atoms with Gasteiger partial charge < -0.3 is 14.6 Å². The summed E-state index contributed by atoms with van der Waals surface area (Å²) in [6.07, 6.45) is 4.00. The Labute approximate surface area is 256 Å². The Hall–Kier alpha value is -3.56. The minimum atomic E-state index is -0.601. The van der Waals surface area contributed by atoms with Gasteiger partial charge in [-0.15, -0.1) is 0 Å². The Kier molecular flexibility index (Phi) is 11.1. The summed E-state index contributed by atoms with van der Waals surface area (Å²) < 4.78 is 14.1. The lowest BCUT2D eigenvalue weighted by Crippen LogP contribution is -2.32. The Balaban J connectivity index is 0.000000240. The fourth-order valence-electron chi connectivity index (χ4n) is 4.58. The molecule has 44 heavy (non-hydrogen) atoms. The summed E-state index contributed by atoms with van der Waals surface area (Å²) in [5.74, 6) is 0.0340. The fraction of sp³-hybridized carbons (Fsp3) is 0.724. The van der Waals surface area contributed by atoms with Gasteiger partial charge in [-0.3, -0.25) is 29.4 Å². The molecule has 2 aliphatic heterocycles. The molecule has 244 valence electrons. The smallest absolute Gasteiger partial charge is 0.354 e. The number of aliphatic hydroxyl groups is 1. The van der Waals surface area contributed by atoms with Gasteiger partial charge in [0.2, 0.25) is 23.7 Å². The predicted molar refractivity (Wildman–Crippen MR) is 162 cm³/mol. The summed E-state index contributed by atoms with van der Waals surface area (Å²) in [5, 5.41) is 14.3. The minimum absolute atomic E-state index is 0.0223. The van der Waals surface area contributed by atoms with Crippen LogP contribution in [0.1, 0.15) is 94.0 Å². The van der Waals surface area contributed by atoms with E-state index in [1.54, 1.807) is 41.5 Å². The Morgan fingerprint density at radius 1 is 0.818 bits per heavy atom. The molecule has 3 N–H and O–H groups in total. The average Bonchev–Trinajstić information content (AvgIpc) is 3.49. The van der Waals surface area contributed by atoms with Gasteiger partial charge in [0.1, 0.15) is 25.1 Å². The molecule has 0 radical (unpaired) electrons. The molecule has 6 atom stereocenters. The summed E-state index contributed by atoms with van der Waals surface area (Å²) in [4.78, 5) is 63.6. The molecule has 4 rings (SSSR count). The topological polar surface area (TPSA) is 192 Å². The first-order valence-electron chi connectivity index (χ1n) is 14.9. The van der Waals surface area contributed by atoms with Crippen LogP contribution in [0.2, 0.25) is 0 Å². The first-order chi connectivity index (χ1) is 20.4. The minimum Gasteiger partial charge on any atom is -0.394 e. The van der Waals surface area contributed by atoms with Crippen LogP contribution in [0.15, 0.2) is 22.2 Å². The molecule has 0 spiro atoms. The van der Waals surface area contributed by atoms with E-state index in [4.69, 9.17) is 9.47 Å². The van der Waals surface area contributed by atoms with Gasteiger partial charge in [0.15, 0.2) is 0 Å². The van der Waals surface area contributed by atoms with E-state index in [-0.39, 0.29) is 54.7 Å². The first kappa shape index (κ1) is 34.9. The standard InChI is InChI=1S/C15H24N4O3.C14H22N4O4/c1-6-10-9(2)7-11(22-10)19-8-16-13(18-14(19)21)17-12(20)15(3,4)5;1-8-5-10(22-9(8)6-19)18-7-15-12(17-13(18)21)16-11(20)14(2,3)4/h8-11H,6-7H2,1-5H3,(H,17,18,20,21);7-10,19H,5-6H2,1-4H3,(H,16,17,20,21)/t9-,10+,11+;8-,9+,10+/m00/s1. The largest absolute Gasteiger partial charge is 0.394 e. The lowest BCUT2D eigenvalue weighted by molar-refractivity contribution is -0.123. The average molecular weight is 619 g/mol. The van der Waals surface area contributed by atoms with Crippen molar-refractivity contribution in [2.45, 2.75) is 106 Å². The van der Waals surface area contributed by atoms with E-state index in [1.807, 2.05) is 6.92 Å². The van der Waals surface area contributed by atoms with E-state index in [9.17, 15) is 24.3 Å². The van der Waals surface area contributed by atoms with E-state index in [0.29, 0.717) is 12.3 Å². The second-order valence-corrected chi connectivity index (χ2v) is 13.4. The molecule has 2 aromatic rings. The number of nitrogens with one attached hydrogen (secondary N) is 2. The number of hydrogen-bond acceptors (Lipinski definition) is 11. The highest BCUT2D eigenvalue weighted by Gasteiger charge is 2.34.